The number of anilines is 1. The molecule has 1 rings (SSSR count). The van der Waals surface area contributed by atoms with E-state index in [1.165, 1.54) is 23.1 Å². The Labute approximate surface area is 120 Å². The van der Waals surface area contributed by atoms with Gasteiger partial charge in [0.25, 0.3) is 0 Å². The van der Waals surface area contributed by atoms with Crippen molar-refractivity contribution in [2.45, 2.75) is 30.9 Å². The maximum absolute atomic E-state index is 11.5. The SMILES string of the molecule is CCCCNC(=O)NC(=O)CSc1sc(N)nc1C. The molecule has 0 aliphatic heterocycles. The van der Waals surface area contributed by atoms with Gasteiger partial charge in [0.1, 0.15) is 0 Å². The minimum atomic E-state index is -0.445. The van der Waals surface area contributed by atoms with Crippen LogP contribution in [-0.2, 0) is 4.79 Å². The van der Waals surface area contributed by atoms with Crippen molar-refractivity contribution >= 4 is 40.2 Å². The second-order valence-electron chi connectivity index (χ2n) is 3.87. The molecule has 0 atom stereocenters. The van der Waals surface area contributed by atoms with Crippen molar-refractivity contribution in [2.75, 3.05) is 18.0 Å². The molecule has 19 heavy (non-hydrogen) atoms. The summed E-state index contributed by atoms with van der Waals surface area (Å²) in [7, 11) is 0. The predicted octanol–water partition coefficient (Wildman–Crippen LogP) is 1.75. The molecule has 1 heterocycles. The zero-order chi connectivity index (χ0) is 14.3. The molecular formula is C11H18N4O2S2. The first-order chi connectivity index (χ1) is 9.02. The summed E-state index contributed by atoms with van der Waals surface area (Å²) < 4.78 is 0.902. The van der Waals surface area contributed by atoms with E-state index in [0.29, 0.717) is 11.7 Å². The zero-order valence-corrected chi connectivity index (χ0v) is 12.6. The standard InChI is InChI=1S/C11H18N4O2S2/c1-3-4-5-13-11(17)15-8(16)6-18-9-7(2)14-10(12)19-9/h3-6H2,1-2H3,(H2,12,14)(H2,13,15,16,17). The first kappa shape index (κ1) is 15.8. The van der Waals surface area contributed by atoms with Gasteiger partial charge in [0.2, 0.25) is 5.91 Å². The van der Waals surface area contributed by atoms with Gasteiger partial charge in [0.15, 0.2) is 5.13 Å². The number of carbonyl (C=O) groups excluding carboxylic acids is 2. The molecule has 0 unspecified atom stereocenters. The lowest BCUT2D eigenvalue weighted by atomic mass is 10.3. The molecule has 0 radical (unpaired) electrons. The number of aryl methyl sites for hydroxylation is 1. The van der Waals surface area contributed by atoms with E-state index >= 15 is 0 Å². The third-order valence-electron chi connectivity index (χ3n) is 2.17. The number of aromatic nitrogens is 1. The number of amides is 3. The average molecular weight is 302 g/mol. The number of nitrogen functional groups attached to an aromatic ring is 1. The quantitative estimate of drug-likeness (QED) is 0.549. The van der Waals surface area contributed by atoms with Gasteiger partial charge in [-0.05, 0) is 13.3 Å². The van der Waals surface area contributed by atoms with E-state index in [0.717, 1.165) is 22.7 Å². The highest BCUT2D eigenvalue weighted by Gasteiger charge is 2.11. The maximum atomic E-state index is 11.5. The maximum Gasteiger partial charge on any atom is 0.321 e. The predicted molar refractivity (Wildman–Crippen MR) is 78.4 cm³/mol. The van der Waals surface area contributed by atoms with Crippen LogP contribution in [0.2, 0.25) is 0 Å². The number of carbonyl (C=O) groups is 2. The molecule has 0 saturated carbocycles. The van der Waals surface area contributed by atoms with Crippen LogP contribution in [0.5, 0.6) is 0 Å². The normalized spacial score (nSPS) is 10.2. The van der Waals surface area contributed by atoms with E-state index in [2.05, 4.69) is 15.6 Å². The third-order valence-corrected chi connectivity index (χ3v) is 4.52. The summed E-state index contributed by atoms with van der Waals surface area (Å²) >= 11 is 2.67. The first-order valence-electron chi connectivity index (χ1n) is 5.96. The summed E-state index contributed by atoms with van der Waals surface area (Å²) in [5.74, 6) is -0.158. The van der Waals surface area contributed by atoms with Crippen LogP contribution in [0.15, 0.2) is 4.21 Å². The lowest BCUT2D eigenvalue weighted by molar-refractivity contribution is -0.117. The number of thiazole rings is 1. The summed E-state index contributed by atoms with van der Waals surface area (Å²) in [6.45, 7) is 4.45. The summed E-state index contributed by atoms with van der Waals surface area (Å²) in [4.78, 5) is 26.9. The van der Waals surface area contributed by atoms with E-state index < -0.39 is 6.03 Å². The number of nitrogens with zero attached hydrogens (tertiary/aromatic N) is 1. The third kappa shape index (κ3) is 5.93. The molecule has 0 aromatic carbocycles. The highest BCUT2D eigenvalue weighted by Crippen LogP contribution is 2.30. The highest BCUT2D eigenvalue weighted by molar-refractivity contribution is 8.01. The molecular weight excluding hydrogens is 284 g/mol. The van der Waals surface area contributed by atoms with Crippen LogP contribution >= 0.6 is 23.1 Å². The van der Waals surface area contributed by atoms with Crippen LogP contribution in [0.1, 0.15) is 25.5 Å². The van der Waals surface area contributed by atoms with Gasteiger partial charge in [-0.15, -0.1) is 11.8 Å². The average Bonchev–Trinajstić information content (AvgIpc) is 2.65. The minimum absolute atomic E-state index is 0.170. The van der Waals surface area contributed by atoms with E-state index in [1.807, 2.05) is 13.8 Å². The fourth-order valence-electron chi connectivity index (χ4n) is 1.25. The number of thioether (sulfide) groups is 1. The second kappa shape index (κ2) is 8.00. The Morgan fingerprint density at radius 2 is 2.21 bits per heavy atom. The van der Waals surface area contributed by atoms with Crippen molar-refractivity contribution in [1.29, 1.82) is 0 Å². The molecule has 106 valence electrons. The summed E-state index contributed by atoms with van der Waals surface area (Å²) in [6.07, 6.45) is 1.89. The van der Waals surface area contributed by atoms with Crippen LogP contribution in [0, 0.1) is 6.92 Å². The zero-order valence-electron chi connectivity index (χ0n) is 11.0. The van der Waals surface area contributed by atoms with Crippen molar-refractivity contribution in [3.05, 3.63) is 5.69 Å². The van der Waals surface area contributed by atoms with Crippen molar-refractivity contribution in [2.24, 2.45) is 0 Å². The molecule has 6 nitrogen and oxygen atoms in total. The topological polar surface area (TPSA) is 97.1 Å². The van der Waals surface area contributed by atoms with Gasteiger partial charge < -0.3 is 11.1 Å². The number of unbranched alkanes of at least 4 members (excludes halogenated alkanes) is 1. The molecule has 0 aliphatic carbocycles. The number of nitrogens with one attached hydrogen (secondary N) is 2. The molecule has 3 amide bonds. The van der Waals surface area contributed by atoms with E-state index in [-0.39, 0.29) is 11.7 Å². The summed E-state index contributed by atoms with van der Waals surface area (Å²) in [5, 5.41) is 5.38. The molecule has 0 spiro atoms. The Balaban J connectivity index is 2.28. The van der Waals surface area contributed by atoms with Gasteiger partial charge >= 0.3 is 6.03 Å². The Kier molecular flexibility index (Phi) is 6.65. The number of hydrogen-bond donors (Lipinski definition) is 3. The van der Waals surface area contributed by atoms with Crippen molar-refractivity contribution in [1.82, 2.24) is 15.6 Å². The van der Waals surface area contributed by atoms with Gasteiger partial charge in [-0.2, -0.15) is 0 Å². The van der Waals surface area contributed by atoms with Crippen LogP contribution in [0.4, 0.5) is 9.93 Å². The van der Waals surface area contributed by atoms with Gasteiger partial charge in [-0.25, -0.2) is 9.78 Å². The van der Waals surface area contributed by atoms with Crippen LogP contribution in [-0.4, -0.2) is 29.2 Å². The second-order valence-corrected chi connectivity index (χ2v) is 6.15. The monoisotopic (exact) mass is 302 g/mol. The number of imide groups is 1. The van der Waals surface area contributed by atoms with Crippen molar-refractivity contribution in [3.8, 4) is 0 Å². The Hall–Kier alpha value is -1.28. The smallest absolute Gasteiger partial charge is 0.321 e. The van der Waals surface area contributed by atoms with Crippen LogP contribution < -0.4 is 16.4 Å². The van der Waals surface area contributed by atoms with Gasteiger partial charge in [0, 0.05) is 6.54 Å². The lowest BCUT2D eigenvalue weighted by Gasteiger charge is -2.05. The molecule has 1 aromatic rings. The van der Waals surface area contributed by atoms with E-state index in [1.54, 1.807) is 0 Å². The molecule has 8 heteroatoms. The fraction of sp³-hybridized carbons (Fsp3) is 0.545. The van der Waals surface area contributed by atoms with Gasteiger partial charge in [-0.3, -0.25) is 10.1 Å². The minimum Gasteiger partial charge on any atom is -0.375 e. The fourth-order valence-corrected chi connectivity index (χ4v) is 3.08. The molecule has 1 aromatic heterocycles. The molecule has 0 fully saturated rings. The summed E-state index contributed by atoms with van der Waals surface area (Å²) in [6, 6.07) is -0.445. The largest absolute Gasteiger partial charge is 0.375 e. The molecule has 4 N–H and O–H groups in total. The number of urea groups is 1. The van der Waals surface area contributed by atoms with Crippen molar-refractivity contribution < 1.29 is 9.59 Å². The molecule has 0 bridgehead atoms. The Morgan fingerprint density at radius 1 is 1.47 bits per heavy atom. The number of rotatable bonds is 6. The van der Waals surface area contributed by atoms with Crippen LogP contribution in [0.3, 0.4) is 0 Å². The van der Waals surface area contributed by atoms with E-state index in [4.69, 9.17) is 5.73 Å². The first-order valence-corrected chi connectivity index (χ1v) is 7.76. The highest BCUT2D eigenvalue weighted by atomic mass is 32.2. The summed E-state index contributed by atoms with van der Waals surface area (Å²) in [5.41, 5.74) is 6.38. The van der Waals surface area contributed by atoms with Crippen molar-refractivity contribution in [3.63, 3.8) is 0 Å². The van der Waals surface area contributed by atoms with Crippen LogP contribution in [0.25, 0.3) is 0 Å². The molecule has 0 saturated heterocycles. The Morgan fingerprint density at radius 3 is 2.79 bits per heavy atom. The lowest BCUT2D eigenvalue weighted by Crippen LogP contribution is -2.40. The van der Waals surface area contributed by atoms with E-state index in [9.17, 15) is 9.59 Å². The number of hydrogen-bond acceptors (Lipinski definition) is 6. The molecule has 0 aliphatic rings. The van der Waals surface area contributed by atoms with Gasteiger partial charge in [0.05, 0.1) is 15.7 Å². The van der Waals surface area contributed by atoms with Gasteiger partial charge in [-0.1, -0.05) is 24.7 Å². The number of nitrogens with two attached hydrogens (primary N) is 1. The Bertz CT molecular complexity index is 448.